The van der Waals surface area contributed by atoms with Crippen LogP contribution in [0.1, 0.15) is 29.8 Å². The Labute approximate surface area is 160 Å². The summed E-state index contributed by atoms with van der Waals surface area (Å²) < 4.78 is 33.2. The average molecular weight is 391 g/mol. The zero-order valence-corrected chi connectivity index (χ0v) is 16.5. The highest BCUT2D eigenvalue weighted by molar-refractivity contribution is 7.92. The molecule has 0 aliphatic carbocycles. The number of amides is 1. The largest absolute Gasteiger partial charge is 0.494 e. The number of hydrogen-bond donors (Lipinski definition) is 3. The predicted molar refractivity (Wildman–Crippen MR) is 106 cm³/mol. The Hall–Kier alpha value is -2.58. The molecule has 7 nitrogen and oxygen atoms in total. The third-order valence-electron chi connectivity index (χ3n) is 3.91. The lowest BCUT2D eigenvalue weighted by Crippen LogP contribution is -2.38. The number of anilines is 1. The third kappa shape index (κ3) is 5.45. The molecule has 8 heteroatoms. The molecule has 0 spiro atoms. The van der Waals surface area contributed by atoms with E-state index in [2.05, 4.69) is 10.0 Å². The number of carbonyl (C=O) groups is 1. The lowest BCUT2D eigenvalue weighted by atomic mass is 10.1. The van der Waals surface area contributed by atoms with E-state index in [1.807, 2.05) is 6.92 Å². The molecule has 0 saturated carbocycles. The van der Waals surface area contributed by atoms with Crippen molar-refractivity contribution in [2.75, 3.05) is 17.9 Å². The summed E-state index contributed by atoms with van der Waals surface area (Å²) in [5.74, 6) is 0.298. The summed E-state index contributed by atoms with van der Waals surface area (Å²) in [6.45, 7) is 6.22. The van der Waals surface area contributed by atoms with Crippen molar-refractivity contribution in [3.05, 3.63) is 53.6 Å². The number of carbonyl (C=O) groups excluding carboxylic acids is 1. The van der Waals surface area contributed by atoms with E-state index in [-0.39, 0.29) is 16.8 Å². The number of benzene rings is 2. The second-order valence-corrected chi connectivity index (χ2v) is 7.83. The van der Waals surface area contributed by atoms with Gasteiger partial charge in [0.2, 0.25) is 0 Å². The normalized spacial score (nSPS) is 12.3. The molecule has 0 aliphatic rings. The quantitative estimate of drug-likeness (QED) is 0.639. The van der Waals surface area contributed by atoms with Gasteiger partial charge in [0, 0.05) is 23.8 Å². The van der Waals surface area contributed by atoms with Crippen molar-refractivity contribution >= 4 is 21.6 Å². The van der Waals surface area contributed by atoms with E-state index in [0.717, 1.165) is 0 Å². The molecule has 2 aromatic rings. The van der Waals surface area contributed by atoms with Crippen molar-refractivity contribution in [3.63, 3.8) is 0 Å². The zero-order valence-electron chi connectivity index (χ0n) is 15.7. The molecule has 0 aliphatic heterocycles. The van der Waals surface area contributed by atoms with E-state index in [4.69, 9.17) is 10.5 Å². The molecule has 1 atom stereocenters. The van der Waals surface area contributed by atoms with Gasteiger partial charge < -0.3 is 15.8 Å². The maximum atomic E-state index is 12.7. The zero-order chi connectivity index (χ0) is 20.0. The van der Waals surface area contributed by atoms with Gasteiger partial charge in [0.05, 0.1) is 11.5 Å². The molecule has 1 amide bonds. The number of hydrogen-bond acceptors (Lipinski definition) is 5. The fourth-order valence-corrected chi connectivity index (χ4v) is 3.46. The topological polar surface area (TPSA) is 111 Å². The van der Waals surface area contributed by atoms with Gasteiger partial charge >= 0.3 is 0 Å². The lowest BCUT2D eigenvalue weighted by molar-refractivity contribution is 0.0940. The van der Waals surface area contributed by atoms with Crippen LogP contribution in [0.15, 0.2) is 47.4 Å². The van der Waals surface area contributed by atoms with Crippen molar-refractivity contribution in [3.8, 4) is 5.75 Å². The second-order valence-electron chi connectivity index (χ2n) is 6.15. The molecule has 27 heavy (non-hydrogen) atoms. The molecule has 0 radical (unpaired) electrons. The summed E-state index contributed by atoms with van der Waals surface area (Å²) in [6, 6.07) is 10.8. The molecule has 0 bridgehead atoms. The first-order valence-electron chi connectivity index (χ1n) is 8.64. The van der Waals surface area contributed by atoms with Crippen LogP contribution in [0.4, 0.5) is 5.69 Å². The van der Waals surface area contributed by atoms with Crippen LogP contribution >= 0.6 is 0 Å². The first-order chi connectivity index (χ1) is 12.8. The van der Waals surface area contributed by atoms with Crippen molar-refractivity contribution in [1.82, 2.24) is 5.32 Å². The number of rotatable bonds is 8. The third-order valence-corrected chi connectivity index (χ3v) is 5.29. The summed E-state index contributed by atoms with van der Waals surface area (Å²) in [7, 11) is -3.84. The Balaban J connectivity index is 2.25. The smallest absolute Gasteiger partial charge is 0.261 e. The van der Waals surface area contributed by atoms with E-state index in [1.165, 1.54) is 12.1 Å². The van der Waals surface area contributed by atoms with Crippen molar-refractivity contribution < 1.29 is 17.9 Å². The molecular weight excluding hydrogens is 366 g/mol. The highest BCUT2D eigenvalue weighted by atomic mass is 32.2. The van der Waals surface area contributed by atoms with Gasteiger partial charge in [-0.1, -0.05) is 6.07 Å². The fraction of sp³-hybridized carbons (Fsp3) is 0.316. The molecule has 4 N–H and O–H groups in total. The summed E-state index contributed by atoms with van der Waals surface area (Å²) in [5.41, 5.74) is 6.90. The number of nitrogens with two attached hydrogens (primary N) is 1. The lowest BCUT2D eigenvalue weighted by Gasteiger charge is -2.14. The molecule has 0 heterocycles. The Morgan fingerprint density at radius 2 is 1.85 bits per heavy atom. The van der Waals surface area contributed by atoms with Crippen molar-refractivity contribution in [2.24, 2.45) is 5.73 Å². The van der Waals surface area contributed by atoms with Gasteiger partial charge in [-0.2, -0.15) is 0 Å². The first kappa shape index (κ1) is 20.7. The molecule has 2 rings (SSSR count). The van der Waals surface area contributed by atoms with Gasteiger partial charge in [0.25, 0.3) is 15.9 Å². The van der Waals surface area contributed by atoms with Gasteiger partial charge in [-0.3, -0.25) is 9.52 Å². The molecule has 0 fully saturated rings. The van der Waals surface area contributed by atoms with E-state index in [0.29, 0.717) is 35.7 Å². The predicted octanol–water partition coefficient (Wildman–Crippen LogP) is 2.27. The molecule has 0 saturated heterocycles. The van der Waals surface area contributed by atoms with Gasteiger partial charge in [0.15, 0.2) is 0 Å². The standard InChI is InChI=1S/C19H25N3O4S/c1-4-26-16-8-6-15(7-9-16)22-27(24,25)17-10-5-13(2)18(11-17)19(23)21-14(3)12-20/h5-11,14,22H,4,12,20H2,1-3H3,(H,21,23)/t14-/m0/s1. The second kappa shape index (κ2) is 8.88. The van der Waals surface area contributed by atoms with Crippen LogP contribution in [-0.2, 0) is 10.0 Å². The minimum atomic E-state index is -3.84. The van der Waals surface area contributed by atoms with E-state index in [1.54, 1.807) is 44.2 Å². The van der Waals surface area contributed by atoms with Gasteiger partial charge in [-0.15, -0.1) is 0 Å². The maximum Gasteiger partial charge on any atom is 0.261 e. The van der Waals surface area contributed by atoms with Crippen LogP contribution in [0.25, 0.3) is 0 Å². The van der Waals surface area contributed by atoms with Crippen LogP contribution < -0.4 is 20.5 Å². The van der Waals surface area contributed by atoms with Crippen molar-refractivity contribution in [2.45, 2.75) is 31.7 Å². The summed E-state index contributed by atoms with van der Waals surface area (Å²) >= 11 is 0. The Morgan fingerprint density at radius 3 is 2.44 bits per heavy atom. The van der Waals surface area contributed by atoms with Crippen LogP contribution in [0.3, 0.4) is 0 Å². The van der Waals surface area contributed by atoms with Crippen LogP contribution in [0, 0.1) is 6.92 Å². The van der Waals surface area contributed by atoms with Gasteiger partial charge in [0.1, 0.15) is 5.75 Å². The number of nitrogens with one attached hydrogen (secondary N) is 2. The van der Waals surface area contributed by atoms with Crippen LogP contribution in [0.5, 0.6) is 5.75 Å². The fourth-order valence-electron chi connectivity index (χ4n) is 2.37. The average Bonchev–Trinajstić information content (AvgIpc) is 2.63. The van der Waals surface area contributed by atoms with E-state index >= 15 is 0 Å². The first-order valence-corrected chi connectivity index (χ1v) is 10.1. The van der Waals surface area contributed by atoms with Gasteiger partial charge in [-0.25, -0.2) is 8.42 Å². The van der Waals surface area contributed by atoms with Crippen molar-refractivity contribution in [1.29, 1.82) is 0 Å². The highest BCUT2D eigenvalue weighted by Crippen LogP contribution is 2.21. The monoisotopic (exact) mass is 391 g/mol. The van der Waals surface area contributed by atoms with Crippen LogP contribution in [-0.4, -0.2) is 33.5 Å². The molecule has 0 unspecified atom stereocenters. The minimum Gasteiger partial charge on any atom is -0.494 e. The highest BCUT2D eigenvalue weighted by Gasteiger charge is 2.19. The molecule has 0 aromatic heterocycles. The SMILES string of the molecule is CCOc1ccc(NS(=O)(=O)c2ccc(C)c(C(=O)N[C@@H](C)CN)c2)cc1. The molecular formula is C19H25N3O4S. The minimum absolute atomic E-state index is 0.00698. The van der Waals surface area contributed by atoms with E-state index < -0.39 is 10.0 Å². The molecule has 2 aromatic carbocycles. The Bertz CT molecular complexity index is 896. The number of ether oxygens (including phenoxy) is 1. The van der Waals surface area contributed by atoms with Crippen LogP contribution in [0.2, 0.25) is 0 Å². The van der Waals surface area contributed by atoms with E-state index in [9.17, 15) is 13.2 Å². The Morgan fingerprint density at radius 1 is 1.19 bits per heavy atom. The molecule has 146 valence electrons. The summed E-state index contributed by atoms with van der Waals surface area (Å²) in [6.07, 6.45) is 0. The number of sulfonamides is 1. The maximum absolute atomic E-state index is 12.7. The van der Waals surface area contributed by atoms with Gasteiger partial charge in [-0.05, 0) is 62.7 Å². The summed E-state index contributed by atoms with van der Waals surface area (Å²) in [4.78, 5) is 12.4. The Kier molecular flexibility index (Phi) is 6.81. The summed E-state index contributed by atoms with van der Waals surface area (Å²) in [5, 5.41) is 2.74. The number of aryl methyl sites for hydroxylation is 1.